The molecule has 2 aromatic rings. The molecular weight excluding hydrogens is 344 g/mol. The van der Waals surface area contributed by atoms with E-state index in [1.54, 1.807) is 38.5 Å². The lowest BCUT2D eigenvalue weighted by atomic mass is 10.1. The molecule has 144 valence electrons. The van der Waals surface area contributed by atoms with Crippen LogP contribution in [0, 0.1) is 6.92 Å². The number of carbonyl (C=O) groups excluding carboxylic acids is 2. The van der Waals surface area contributed by atoms with Crippen molar-refractivity contribution in [3.05, 3.63) is 53.1 Å². The lowest BCUT2D eigenvalue weighted by Crippen LogP contribution is -3.08. The van der Waals surface area contributed by atoms with Crippen LogP contribution >= 0.6 is 0 Å². The number of quaternary nitrogens is 1. The van der Waals surface area contributed by atoms with Crippen molar-refractivity contribution < 1.29 is 24.0 Å². The van der Waals surface area contributed by atoms with E-state index in [1.807, 2.05) is 26.1 Å². The van der Waals surface area contributed by atoms with Gasteiger partial charge in [-0.05, 0) is 43.7 Å². The van der Waals surface area contributed by atoms with Gasteiger partial charge in [0.1, 0.15) is 6.54 Å². The summed E-state index contributed by atoms with van der Waals surface area (Å²) in [6.07, 6.45) is 0. The summed E-state index contributed by atoms with van der Waals surface area (Å²) in [6.45, 7) is 4.49. The van der Waals surface area contributed by atoms with Crippen LogP contribution in [0.2, 0.25) is 0 Å². The van der Waals surface area contributed by atoms with E-state index in [4.69, 9.17) is 9.47 Å². The largest absolute Gasteiger partial charge is 0.493 e. The monoisotopic (exact) mass is 371 g/mol. The summed E-state index contributed by atoms with van der Waals surface area (Å²) in [5, 5.41) is 2.85. The molecule has 6 nitrogen and oxygen atoms in total. The van der Waals surface area contributed by atoms with Crippen LogP contribution in [0.3, 0.4) is 0 Å². The zero-order chi connectivity index (χ0) is 20.0. The number of Topliss-reactive ketones (excluding diaryl/α,β-unsaturated/α-hetero) is 1. The van der Waals surface area contributed by atoms with E-state index in [0.29, 0.717) is 35.8 Å². The van der Waals surface area contributed by atoms with Crippen LogP contribution in [0.5, 0.6) is 11.5 Å². The molecule has 0 aliphatic rings. The first-order chi connectivity index (χ1) is 12.8. The minimum absolute atomic E-state index is 0.0298. The van der Waals surface area contributed by atoms with Gasteiger partial charge in [0.2, 0.25) is 0 Å². The van der Waals surface area contributed by atoms with Crippen molar-refractivity contribution in [3.63, 3.8) is 0 Å². The first-order valence-electron chi connectivity index (χ1n) is 8.77. The Morgan fingerprint density at radius 3 is 2.37 bits per heavy atom. The molecule has 2 rings (SSSR count). The predicted molar refractivity (Wildman–Crippen MR) is 105 cm³/mol. The fourth-order valence-corrected chi connectivity index (χ4v) is 2.90. The molecule has 2 aromatic carbocycles. The summed E-state index contributed by atoms with van der Waals surface area (Å²) < 4.78 is 10.7. The van der Waals surface area contributed by atoms with Crippen molar-refractivity contribution in [2.75, 3.05) is 33.1 Å². The van der Waals surface area contributed by atoms with Crippen LogP contribution in [0.15, 0.2) is 36.4 Å². The van der Waals surface area contributed by atoms with Crippen molar-refractivity contribution in [1.82, 2.24) is 0 Å². The molecule has 0 fully saturated rings. The van der Waals surface area contributed by atoms with Gasteiger partial charge in [-0.15, -0.1) is 0 Å². The number of carbonyl (C=O) groups is 2. The minimum atomic E-state index is -0.105. The number of benzene rings is 2. The van der Waals surface area contributed by atoms with Gasteiger partial charge < -0.3 is 19.7 Å². The van der Waals surface area contributed by atoms with Gasteiger partial charge in [0, 0.05) is 16.8 Å². The van der Waals surface area contributed by atoms with Crippen molar-refractivity contribution in [2.24, 2.45) is 0 Å². The summed E-state index contributed by atoms with van der Waals surface area (Å²) >= 11 is 0. The number of hydrogen-bond acceptors (Lipinski definition) is 4. The summed E-state index contributed by atoms with van der Waals surface area (Å²) in [5.74, 6) is 1.24. The normalized spacial score (nSPS) is 11.6. The number of ketones is 1. The molecule has 6 heteroatoms. The molecule has 1 unspecified atom stereocenters. The zero-order valence-electron chi connectivity index (χ0n) is 16.5. The highest BCUT2D eigenvalue weighted by Gasteiger charge is 2.15. The van der Waals surface area contributed by atoms with E-state index >= 15 is 0 Å². The minimum Gasteiger partial charge on any atom is -0.493 e. The van der Waals surface area contributed by atoms with Gasteiger partial charge in [0.25, 0.3) is 5.91 Å². The lowest BCUT2D eigenvalue weighted by Gasteiger charge is -2.17. The Hall–Kier alpha value is -2.86. The van der Waals surface area contributed by atoms with E-state index in [2.05, 4.69) is 5.32 Å². The highest BCUT2D eigenvalue weighted by molar-refractivity contribution is 5.97. The van der Waals surface area contributed by atoms with Crippen LogP contribution in [0.4, 0.5) is 5.69 Å². The third-order valence-corrected chi connectivity index (χ3v) is 4.35. The molecule has 0 radical (unpaired) electrons. The van der Waals surface area contributed by atoms with Crippen molar-refractivity contribution in [1.29, 1.82) is 0 Å². The predicted octanol–water partition coefficient (Wildman–Crippen LogP) is 1.87. The highest BCUT2D eigenvalue weighted by Crippen LogP contribution is 2.29. The molecule has 0 saturated heterocycles. The number of anilines is 1. The number of rotatable bonds is 8. The van der Waals surface area contributed by atoms with Crippen molar-refractivity contribution in [2.45, 2.75) is 20.4 Å². The number of nitrogens with one attached hydrogen (secondary N) is 2. The molecule has 1 atom stereocenters. The fraction of sp³-hybridized carbons (Fsp3) is 0.333. The van der Waals surface area contributed by atoms with E-state index in [1.165, 1.54) is 6.92 Å². The fourth-order valence-electron chi connectivity index (χ4n) is 2.90. The Morgan fingerprint density at radius 2 is 1.74 bits per heavy atom. The quantitative estimate of drug-likeness (QED) is 0.695. The zero-order valence-corrected chi connectivity index (χ0v) is 16.5. The Kier molecular flexibility index (Phi) is 6.96. The molecule has 0 bridgehead atoms. The summed E-state index contributed by atoms with van der Waals surface area (Å²) in [7, 11) is 5.18. The average Bonchev–Trinajstić information content (AvgIpc) is 2.62. The standard InChI is InChI=1S/C21H26N2O4/c1-14-9-19(26-4)20(27-5)11-17(14)12-23(3)13-21(25)22-18-8-6-7-16(10-18)15(2)24/h6-11H,12-13H2,1-5H3,(H,22,25)/p+1. The van der Waals surface area contributed by atoms with Gasteiger partial charge in [-0.1, -0.05) is 12.1 Å². The molecule has 2 N–H and O–H groups in total. The SMILES string of the molecule is COc1cc(C)c(C[NH+](C)CC(=O)Nc2cccc(C(C)=O)c2)cc1OC. The van der Waals surface area contributed by atoms with Crippen LogP contribution in [-0.4, -0.2) is 39.5 Å². The van der Waals surface area contributed by atoms with Crippen LogP contribution in [-0.2, 0) is 11.3 Å². The van der Waals surface area contributed by atoms with Gasteiger partial charge in [-0.3, -0.25) is 9.59 Å². The smallest absolute Gasteiger partial charge is 0.279 e. The van der Waals surface area contributed by atoms with Crippen molar-refractivity contribution in [3.8, 4) is 11.5 Å². The second-order valence-corrected chi connectivity index (χ2v) is 6.63. The highest BCUT2D eigenvalue weighted by atomic mass is 16.5. The topological polar surface area (TPSA) is 69.1 Å². The van der Waals surface area contributed by atoms with Gasteiger partial charge in [-0.25, -0.2) is 0 Å². The number of aryl methyl sites for hydroxylation is 1. The first kappa shape index (κ1) is 20.5. The molecule has 0 heterocycles. The van der Waals surface area contributed by atoms with E-state index in [-0.39, 0.29) is 11.7 Å². The molecule has 0 spiro atoms. The number of amides is 1. The molecular formula is C21H27N2O4+. The third kappa shape index (κ3) is 5.56. The molecule has 1 amide bonds. The van der Waals surface area contributed by atoms with Crippen LogP contribution in [0.25, 0.3) is 0 Å². The maximum absolute atomic E-state index is 12.3. The Morgan fingerprint density at radius 1 is 1.07 bits per heavy atom. The van der Waals surface area contributed by atoms with Crippen molar-refractivity contribution >= 4 is 17.4 Å². The van der Waals surface area contributed by atoms with E-state index < -0.39 is 0 Å². The van der Waals surface area contributed by atoms with Gasteiger partial charge in [-0.2, -0.15) is 0 Å². The van der Waals surface area contributed by atoms with E-state index in [9.17, 15) is 9.59 Å². The molecule has 27 heavy (non-hydrogen) atoms. The van der Waals surface area contributed by atoms with E-state index in [0.717, 1.165) is 16.0 Å². The lowest BCUT2D eigenvalue weighted by molar-refractivity contribution is -0.885. The first-order valence-corrected chi connectivity index (χ1v) is 8.77. The van der Waals surface area contributed by atoms with Crippen LogP contribution in [0.1, 0.15) is 28.4 Å². The van der Waals surface area contributed by atoms with Gasteiger partial charge in [0.15, 0.2) is 23.8 Å². The molecule has 0 saturated carbocycles. The van der Waals surface area contributed by atoms with Gasteiger partial charge >= 0.3 is 0 Å². The molecule has 0 aliphatic heterocycles. The average molecular weight is 371 g/mol. The summed E-state index contributed by atoms with van der Waals surface area (Å²) in [6, 6.07) is 10.8. The third-order valence-electron chi connectivity index (χ3n) is 4.35. The number of ether oxygens (including phenoxy) is 2. The Labute approximate surface area is 160 Å². The maximum Gasteiger partial charge on any atom is 0.279 e. The molecule has 0 aromatic heterocycles. The summed E-state index contributed by atoms with van der Waals surface area (Å²) in [4.78, 5) is 24.8. The number of likely N-dealkylation sites (N-methyl/N-ethyl adjacent to an activating group) is 1. The Balaban J connectivity index is 2.01. The summed E-state index contributed by atoms with van der Waals surface area (Å²) in [5.41, 5.74) is 3.38. The number of methoxy groups -OCH3 is 2. The van der Waals surface area contributed by atoms with Gasteiger partial charge in [0.05, 0.1) is 21.3 Å². The molecule has 0 aliphatic carbocycles. The number of hydrogen-bond donors (Lipinski definition) is 2. The Bertz CT molecular complexity index is 833. The second-order valence-electron chi connectivity index (χ2n) is 6.63. The van der Waals surface area contributed by atoms with Crippen LogP contribution < -0.4 is 19.7 Å². The second kappa shape index (κ2) is 9.19. The maximum atomic E-state index is 12.3.